The quantitative estimate of drug-likeness (QED) is 0.886. The Kier molecular flexibility index (Phi) is 4.70. The highest BCUT2D eigenvalue weighted by atomic mass is 79.9. The van der Waals surface area contributed by atoms with E-state index in [-0.39, 0.29) is 5.56 Å². The summed E-state index contributed by atoms with van der Waals surface area (Å²) in [5.41, 5.74) is 2.01. The Morgan fingerprint density at radius 2 is 2.21 bits per heavy atom. The van der Waals surface area contributed by atoms with E-state index >= 15 is 0 Å². The third-order valence-corrected chi connectivity index (χ3v) is 3.29. The molecule has 19 heavy (non-hydrogen) atoms. The second-order valence-electron chi connectivity index (χ2n) is 4.00. The van der Waals surface area contributed by atoms with Gasteiger partial charge in [-0.3, -0.25) is 4.79 Å². The van der Waals surface area contributed by atoms with Crippen LogP contribution < -0.4 is 10.9 Å². The van der Waals surface area contributed by atoms with Gasteiger partial charge >= 0.3 is 0 Å². The number of benzene rings is 1. The molecular weight excluding hydrogens is 310 g/mol. The molecule has 5 nitrogen and oxygen atoms in total. The van der Waals surface area contributed by atoms with Gasteiger partial charge < -0.3 is 15.0 Å². The van der Waals surface area contributed by atoms with Crippen molar-refractivity contribution in [3.05, 3.63) is 56.5 Å². The van der Waals surface area contributed by atoms with Crippen molar-refractivity contribution in [2.75, 3.05) is 12.4 Å². The molecule has 0 radical (unpaired) electrons. The van der Waals surface area contributed by atoms with Crippen molar-refractivity contribution >= 4 is 21.7 Å². The molecule has 2 N–H and O–H groups in total. The number of ether oxygens (including phenoxy) is 1. The van der Waals surface area contributed by atoms with Crippen LogP contribution in [-0.2, 0) is 17.9 Å². The minimum atomic E-state index is -0.203. The molecular formula is C13H14BrN3O2. The Labute approximate surface area is 119 Å². The molecule has 0 saturated carbocycles. The maximum atomic E-state index is 11.4. The number of hydrogen-bond donors (Lipinski definition) is 2. The molecule has 0 aliphatic heterocycles. The van der Waals surface area contributed by atoms with E-state index in [2.05, 4.69) is 37.3 Å². The molecule has 0 aliphatic carbocycles. The predicted octanol–water partition coefficient (Wildman–Crippen LogP) is 2.29. The molecule has 100 valence electrons. The average Bonchev–Trinajstić information content (AvgIpc) is 2.41. The van der Waals surface area contributed by atoms with Crippen LogP contribution in [0.2, 0.25) is 0 Å². The lowest BCUT2D eigenvalue weighted by Crippen LogP contribution is -2.12. The molecule has 2 rings (SSSR count). The smallest absolute Gasteiger partial charge is 0.267 e. The summed E-state index contributed by atoms with van der Waals surface area (Å²) in [6.45, 7) is 1.17. The Morgan fingerprint density at radius 1 is 1.42 bits per heavy atom. The molecule has 0 atom stereocenters. The minimum absolute atomic E-state index is 0.203. The van der Waals surface area contributed by atoms with E-state index in [0.29, 0.717) is 23.4 Å². The summed E-state index contributed by atoms with van der Waals surface area (Å²) in [4.78, 5) is 18.0. The van der Waals surface area contributed by atoms with Gasteiger partial charge in [-0.2, -0.15) is 0 Å². The zero-order chi connectivity index (χ0) is 13.7. The van der Waals surface area contributed by atoms with Gasteiger partial charge in [0.15, 0.2) is 0 Å². The van der Waals surface area contributed by atoms with Crippen molar-refractivity contribution in [2.45, 2.75) is 13.2 Å². The van der Waals surface area contributed by atoms with Gasteiger partial charge in [-0.15, -0.1) is 0 Å². The van der Waals surface area contributed by atoms with E-state index in [1.807, 2.05) is 18.2 Å². The van der Waals surface area contributed by atoms with Crippen LogP contribution in [0, 0.1) is 0 Å². The number of methoxy groups -OCH3 is 1. The van der Waals surface area contributed by atoms with Gasteiger partial charge in [-0.1, -0.05) is 24.3 Å². The highest BCUT2D eigenvalue weighted by molar-refractivity contribution is 9.10. The summed E-state index contributed by atoms with van der Waals surface area (Å²) < 4.78 is 5.50. The first kappa shape index (κ1) is 13.8. The zero-order valence-corrected chi connectivity index (χ0v) is 12.0. The largest absolute Gasteiger partial charge is 0.380 e. The topological polar surface area (TPSA) is 67.0 Å². The van der Waals surface area contributed by atoms with Crippen molar-refractivity contribution in [2.24, 2.45) is 0 Å². The molecule has 0 unspecified atom stereocenters. The summed E-state index contributed by atoms with van der Waals surface area (Å²) in [6, 6.07) is 8.05. The number of hydrogen-bond acceptors (Lipinski definition) is 4. The lowest BCUT2D eigenvalue weighted by atomic mass is 10.1. The third kappa shape index (κ3) is 3.65. The second-order valence-corrected chi connectivity index (χ2v) is 4.79. The van der Waals surface area contributed by atoms with Crippen molar-refractivity contribution < 1.29 is 4.74 Å². The first-order valence-electron chi connectivity index (χ1n) is 5.74. The lowest BCUT2D eigenvalue weighted by molar-refractivity contribution is 0.185. The number of H-pyrrole nitrogens is 1. The van der Waals surface area contributed by atoms with Crippen molar-refractivity contribution in [3.63, 3.8) is 0 Å². The maximum absolute atomic E-state index is 11.4. The van der Waals surface area contributed by atoms with Crippen LogP contribution in [0.5, 0.6) is 0 Å². The molecule has 2 aromatic rings. The summed E-state index contributed by atoms with van der Waals surface area (Å²) in [7, 11) is 1.67. The van der Waals surface area contributed by atoms with Crippen molar-refractivity contribution in [1.82, 2.24) is 9.97 Å². The van der Waals surface area contributed by atoms with E-state index in [9.17, 15) is 4.79 Å². The number of nitrogens with one attached hydrogen (secondary N) is 2. The fraction of sp³-hybridized carbons (Fsp3) is 0.231. The summed E-state index contributed by atoms with van der Waals surface area (Å²) in [6.07, 6.45) is 1.37. The van der Waals surface area contributed by atoms with E-state index < -0.39 is 0 Å². The van der Waals surface area contributed by atoms with Gasteiger partial charge in [-0.25, -0.2) is 4.98 Å². The van der Waals surface area contributed by atoms with Crippen molar-refractivity contribution in [3.8, 4) is 0 Å². The predicted molar refractivity (Wildman–Crippen MR) is 77.0 cm³/mol. The number of aromatic amines is 1. The van der Waals surface area contributed by atoms with Crippen LogP contribution in [0.15, 0.2) is 39.9 Å². The molecule has 0 bridgehead atoms. The van der Waals surface area contributed by atoms with Gasteiger partial charge in [0.25, 0.3) is 5.56 Å². The van der Waals surface area contributed by atoms with E-state index in [4.69, 9.17) is 4.74 Å². The Bertz CT molecular complexity index is 613. The van der Waals surface area contributed by atoms with Gasteiger partial charge in [0.05, 0.1) is 12.9 Å². The normalized spacial score (nSPS) is 10.4. The number of nitrogens with zero attached hydrogens (tertiary/aromatic N) is 1. The number of rotatable bonds is 5. The average molecular weight is 324 g/mol. The van der Waals surface area contributed by atoms with Gasteiger partial charge in [-0.05, 0) is 27.1 Å². The van der Waals surface area contributed by atoms with E-state index in [0.717, 1.165) is 11.1 Å². The summed E-state index contributed by atoms with van der Waals surface area (Å²) >= 11 is 3.20. The van der Waals surface area contributed by atoms with Gasteiger partial charge in [0.1, 0.15) is 10.3 Å². The third-order valence-electron chi connectivity index (χ3n) is 2.56. The fourth-order valence-corrected chi connectivity index (χ4v) is 2.05. The van der Waals surface area contributed by atoms with Crippen LogP contribution in [0.1, 0.15) is 11.1 Å². The first-order valence-corrected chi connectivity index (χ1v) is 6.54. The maximum Gasteiger partial charge on any atom is 0.267 e. The number of anilines is 1. The zero-order valence-electron chi connectivity index (χ0n) is 10.4. The standard InChI is InChI=1S/C13H14BrN3O2/c1-19-7-10-4-2-3-9(5-10)6-15-12-11(14)13(18)17-8-16-12/h2-5,8H,6-7H2,1H3,(H2,15,16,17,18). The number of aromatic nitrogens is 2. The Morgan fingerprint density at radius 3 is 3.00 bits per heavy atom. The molecule has 0 saturated heterocycles. The van der Waals surface area contributed by atoms with Gasteiger partial charge in [0.2, 0.25) is 0 Å². The SMILES string of the molecule is COCc1cccc(CNc2nc[nH]c(=O)c2Br)c1. The van der Waals surface area contributed by atoms with Crippen LogP contribution in [0.4, 0.5) is 5.82 Å². The molecule has 6 heteroatoms. The Hall–Kier alpha value is -1.66. The van der Waals surface area contributed by atoms with Gasteiger partial charge in [0, 0.05) is 13.7 Å². The highest BCUT2D eigenvalue weighted by Gasteiger charge is 2.04. The van der Waals surface area contributed by atoms with E-state index in [1.54, 1.807) is 7.11 Å². The molecule has 1 aromatic carbocycles. The van der Waals surface area contributed by atoms with Crippen LogP contribution in [0.25, 0.3) is 0 Å². The Balaban J connectivity index is 2.08. The van der Waals surface area contributed by atoms with E-state index in [1.165, 1.54) is 6.33 Å². The van der Waals surface area contributed by atoms with Crippen LogP contribution in [0.3, 0.4) is 0 Å². The summed E-state index contributed by atoms with van der Waals surface area (Å²) in [5.74, 6) is 0.529. The number of halogens is 1. The summed E-state index contributed by atoms with van der Waals surface area (Å²) in [5, 5.41) is 3.12. The lowest BCUT2D eigenvalue weighted by Gasteiger charge is -2.08. The molecule has 0 spiro atoms. The van der Waals surface area contributed by atoms with Crippen LogP contribution >= 0.6 is 15.9 Å². The van der Waals surface area contributed by atoms with Crippen LogP contribution in [-0.4, -0.2) is 17.1 Å². The molecule has 1 heterocycles. The fourth-order valence-electron chi connectivity index (χ4n) is 1.69. The highest BCUT2D eigenvalue weighted by Crippen LogP contribution is 2.15. The second kappa shape index (κ2) is 6.49. The first-order chi connectivity index (χ1) is 9.20. The van der Waals surface area contributed by atoms with Crippen molar-refractivity contribution in [1.29, 1.82) is 0 Å². The monoisotopic (exact) mass is 323 g/mol. The molecule has 0 amide bonds. The molecule has 1 aromatic heterocycles. The molecule has 0 aliphatic rings. The minimum Gasteiger partial charge on any atom is -0.380 e. The molecule has 0 fully saturated rings.